The van der Waals surface area contributed by atoms with Gasteiger partial charge in [-0.25, -0.2) is 18.2 Å². The smallest absolute Gasteiger partial charge is 0.391 e. The van der Waals surface area contributed by atoms with E-state index in [-0.39, 0.29) is 54.1 Å². The molecule has 0 radical (unpaired) electrons. The van der Waals surface area contributed by atoms with Crippen LogP contribution >= 0.6 is 11.6 Å². The first-order valence-corrected chi connectivity index (χ1v) is 12.7. The van der Waals surface area contributed by atoms with Gasteiger partial charge >= 0.3 is 6.18 Å². The van der Waals surface area contributed by atoms with Gasteiger partial charge in [0.25, 0.3) is 12.3 Å². The zero-order chi connectivity index (χ0) is 28.5. The van der Waals surface area contributed by atoms with Crippen molar-refractivity contribution in [1.29, 1.82) is 0 Å². The van der Waals surface area contributed by atoms with Gasteiger partial charge in [-0.3, -0.25) is 4.79 Å². The summed E-state index contributed by atoms with van der Waals surface area (Å²) in [6.45, 7) is -1.01. The van der Waals surface area contributed by atoms with Crippen LogP contribution in [-0.4, -0.2) is 61.1 Å². The number of carbonyl (C=O) groups excluding carboxylic acids is 1. The van der Waals surface area contributed by atoms with Crippen molar-refractivity contribution in [3.63, 3.8) is 0 Å². The number of carbonyl (C=O) groups is 1. The number of nitrogens with two attached hydrogens (primary N) is 1. The number of alkyl halides is 5. The summed E-state index contributed by atoms with van der Waals surface area (Å²) in [5.41, 5.74) is 6.12. The van der Waals surface area contributed by atoms with E-state index < -0.39 is 55.0 Å². The predicted octanol–water partition coefficient (Wildman–Crippen LogP) is 4.73. The average molecular weight is 580 g/mol. The molecule has 2 aliphatic carbocycles. The van der Waals surface area contributed by atoms with Crippen molar-refractivity contribution in [3.8, 4) is 0 Å². The number of guanidine groups is 1. The molecule has 0 saturated heterocycles. The van der Waals surface area contributed by atoms with E-state index in [1.165, 1.54) is 18.2 Å². The third-order valence-electron chi connectivity index (χ3n) is 7.06. The maximum atomic E-state index is 14.0. The summed E-state index contributed by atoms with van der Waals surface area (Å²) in [5.74, 6) is -2.37. The highest BCUT2D eigenvalue weighted by molar-refractivity contribution is 6.33. The molecule has 1 fully saturated rings. The molecule has 3 aliphatic rings. The maximum absolute atomic E-state index is 14.0. The minimum absolute atomic E-state index is 0.0292. The molecular formula is C25H28ClF6N5O2. The van der Waals surface area contributed by atoms with Crippen molar-refractivity contribution in [2.24, 2.45) is 16.6 Å². The standard InChI is InChI=1S/C25H28ClF6N5O2/c1-37-20-9-21(39-11-22(28)29)15(23(38)34-14-4-2-13(3-5-14)25(30,31)32)7-19(20)36-24(37)35-18-6-12(10-33)17(27)8-16(18)26/h6-9,13-14,19-20,22H,2-5,10-11,33H2,1H3,(H,34,38)(H,35,36). The average Bonchev–Trinajstić information content (AvgIpc) is 3.17. The van der Waals surface area contributed by atoms with E-state index in [1.54, 1.807) is 11.9 Å². The summed E-state index contributed by atoms with van der Waals surface area (Å²) in [7, 11) is 1.68. The molecule has 39 heavy (non-hydrogen) atoms. The second-order valence-corrected chi connectivity index (χ2v) is 10.1. The molecule has 1 saturated carbocycles. The molecule has 1 aromatic carbocycles. The number of rotatable bonds is 7. The Labute approximate surface area is 226 Å². The van der Waals surface area contributed by atoms with Crippen molar-refractivity contribution in [1.82, 2.24) is 10.2 Å². The molecule has 1 heterocycles. The highest BCUT2D eigenvalue weighted by Crippen LogP contribution is 2.38. The summed E-state index contributed by atoms with van der Waals surface area (Å²) < 4.78 is 84.1. The highest BCUT2D eigenvalue weighted by Gasteiger charge is 2.42. The van der Waals surface area contributed by atoms with Crippen LogP contribution < -0.4 is 16.4 Å². The van der Waals surface area contributed by atoms with Gasteiger partial charge in [0.05, 0.1) is 34.3 Å². The number of fused-ring (bicyclic) bond motifs is 1. The van der Waals surface area contributed by atoms with Crippen molar-refractivity contribution in [2.45, 2.75) is 63.0 Å². The van der Waals surface area contributed by atoms with E-state index in [2.05, 4.69) is 15.6 Å². The molecule has 4 rings (SSSR count). The van der Waals surface area contributed by atoms with Gasteiger partial charge in [0, 0.05) is 25.2 Å². The number of anilines is 1. The molecule has 2 atom stereocenters. The van der Waals surface area contributed by atoms with Crippen molar-refractivity contribution < 1.29 is 35.9 Å². The molecule has 14 heteroatoms. The number of likely N-dealkylation sites (N-methyl/N-ethyl adjacent to an activating group) is 1. The Morgan fingerprint density at radius 3 is 2.54 bits per heavy atom. The summed E-state index contributed by atoms with van der Waals surface area (Å²) >= 11 is 6.18. The molecule has 0 aromatic heterocycles. The number of ether oxygens (including phenoxy) is 1. The van der Waals surface area contributed by atoms with Gasteiger partial charge in [0.15, 0.2) is 5.96 Å². The third-order valence-corrected chi connectivity index (χ3v) is 7.38. The Kier molecular flexibility index (Phi) is 8.69. The fourth-order valence-electron chi connectivity index (χ4n) is 4.90. The lowest BCUT2D eigenvalue weighted by Gasteiger charge is -2.31. The SMILES string of the molecule is CN1C(Nc2cc(CN)c(F)cc2Cl)=NC2C=C(C(=O)NC3CCC(C(F)(F)F)CC3)C(OCC(F)F)=CC21. The Bertz CT molecular complexity index is 1180. The summed E-state index contributed by atoms with van der Waals surface area (Å²) in [4.78, 5) is 19.4. The van der Waals surface area contributed by atoms with Crippen molar-refractivity contribution in [2.75, 3.05) is 19.0 Å². The van der Waals surface area contributed by atoms with Gasteiger partial charge in [-0.05, 0) is 50.0 Å². The maximum Gasteiger partial charge on any atom is 0.391 e. The summed E-state index contributed by atoms with van der Waals surface area (Å²) in [5, 5.41) is 5.82. The van der Waals surface area contributed by atoms with Crippen LogP contribution in [0, 0.1) is 11.7 Å². The number of nitrogens with one attached hydrogen (secondary N) is 2. The van der Waals surface area contributed by atoms with Gasteiger partial charge in [-0.1, -0.05) is 11.6 Å². The Morgan fingerprint density at radius 1 is 1.23 bits per heavy atom. The zero-order valence-electron chi connectivity index (χ0n) is 20.9. The Morgan fingerprint density at radius 2 is 1.92 bits per heavy atom. The number of amides is 1. The van der Waals surface area contributed by atoms with Gasteiger partial charge in [-0.2, -0.15) is 13.2 Å². The van der Waals surface area contributed by atoms with Gasteiger partial charge in [0.2, 0.25) is 0 Å². The lowest BCUT2D eigenvalue weighted by atomic mass is 9.85. The molecule has 2 unspecified atom stereocenters. The molecule has 1 amide bonds. The predicted molar refractivity (Wildman–Crippen MR) is 134 cm³/mol. The molecule has 1 aliphatic heterocycles. The van der Waals surface area contributed by atoms with E-state index in [4.69, 9.17) is 22.1 Å². The fourth-order valence-corrected chi connectivity index (χ4v) is 5.10. The van der Waals surface area contributed by atoms with Crippen LogP contribution in [0.3, 0.4) is 0 Å². The molecule has 214 valence electrons. The number of aliphatic imine (C=N–C) groups is 1. The topological polar surface area (TPSA) is 92.0 Å². The second kappa shape index (κ2) is 11.7. The van der Waals surface area contributed by atoms with Crippen molar-refractivity contribution in [3.05, 3.63) is 52.0 Å². The lowest BCUT2D eigenvalue weighted by Crippen LogP contribution is -2.43. The third kappa shape index (κ3) is 6.63. The normalized spacial score (nSPS) is 25.1. The first kappa shape index (κ1) is 29.1. The summed E-state index contributed by atoms with van der Waals surface area (Å²) in [6, 6.07) is 0.953. The second-order valence-electron chi connectivity index (χ2n) is 9.67. The minimum atomic E-state index is -4.28. The lowest BCUT2D eigenvalue weighted by molar-refractivity contribution is -0.182. The Balaban J connectivity index is 1.53. The molecule has 4 N–H and O–H groups in total. The first-order chi connectivity index (χ1) is 18.4. The number of hydrogen-bond donors (Lipinski definition) is 3. The Hall–Kier alpha value is -2.93. The quantitative estimate of drug-likeness (QED) is 0.406. The molecule has 0 spiro atoms. The molecule has 7 nitrogen and oxygen atoms in total. The van der Waals surface area contributed by atoms with Crippen molar-refractivity contribution >= 4 is 29.2 Å². The minimum Gasteiger partial charge on any atom is -0.487 e. The summed E-state index contributed by atoms with van der Waals surface area (Å²) in [6.07, 6.45) is -4.03. The fraction of sp³-hybridized carbons (Fsp3) is 0.520. The number of nitrogens with zero attached hydrogens (tertiary/aromatic N) is 2. The van der Waals surface area contributed by atoms with Crippen LogP contribution in [0.2, 0.25) is 5.02 Å². The molecular weight excluding hydrogens is 552 g/mol. The zero-order valence-corrected chi connectivity index (χ0v) is 21.6. The van der Waals surface area contributed by atoms with Crippen LogP contribution in [0.1, 0.15) is 31.2 Å². The largest absolute Gasteiger partial charge is 0.487 e. The first-order valence-electron chi connectivity index (χ1n) is 12.4. The van der Waals surface area contributed by atoms with E-state index >= 15 is 0 Å². The van der Waals surface area contributed by atoms with Crippen LogP contribution in [0.15, 0.2) is 40.6 Å². The molecule has 1 aromatic rings. The van der Waals surface area contributed by atoms with E-state index in [0.29, 0.717) is 11.6 Å². The number of halogens is 7. The monoisotopic (exact) mass is 579 g/mol. The van der Waals surface area contributed by atoms with Crippen LogP contribution in [0.4, 0.5) is 32.0 Å². The number of benzene rings is 1. The molecule has 0 bridgehead atoms. The van der Waals surface area contributed by atoms with Gasteiger partial charge in [0.1, 0.15) is 18.2 Å². The van der Waals surface area contributed by atoms with Crippen LogP contribution in [-0.2, 0) is 16.1 Å². The van der Waals surface area contributed by atoms with E-state index in [9.17, 15) is 31.1 Å². The van der Waals surface area contributed by atoms with Gasteiger partial charge in [-0.15, -0.1) is 0 Å². The van der Waals surface area contributed by atoms with Crippen LogP contribution in [0.25, 0.3) is 0 Å². The van der Waals surface area contributed by atoms with E-state index in [0.717, 1.165) is 6.07 Å². The highest BCUT2D eigenvalue weighted by atomic mass is 35.5. The number of hydrogen-bond acceptors (Lipinski definition) is 6. The van der Waals surface area contributed by atoms with Crippen LogP contribution in [0.5, 0.6) is 0 Å². The van der Waals surface area contributed by atoms with Gasteiger partial charge < -0.3 is 26.0 Å². The van der Waals surface area contributed by atoms with E-state index in [1.807, 2.05) is 0 Å².